The molecule has 0 spiro atoms. The van der Waals surface area contributed by atoms with Crippen LogP contribution in [0.1, 0.15) is 32.6 Å². The number of carbonyl (C=O) groups is 2. The van der Waals surface area contributed by atoms with Crippen LogP contribution in [0.4, 0.5) is 0 Å². The van der Waals surface area contributed by atoms with Crippen molar-refractivity contribution in [2.45, 2.75) is 6.92 Å². The summed E-state index contributed by atoms with van der Waals surface area (Å²) in [6.45, 7) is 2.24. The molecule has 0 atom stereocenters. The van der Waals surface area contributed by atoms with Gasteiger partial charge in [0, 0.05) is 6.20 Å². The van der Waals surface area contributed by atoms with Crippen molar-refractivity contribution >= 4 is 29.4 Å². The minimum atomic E-state index is -0.444. The van der Waals surface area contributed by atoms with Gasteiger partial charge in [0.05, 0.1) is 12.8 Å². The van der Waals surface area contributed by atoms with Crippen molar-refractivity contribution in [3.05, 3.63) is 76.2 Å². The first-order valence-corrected chi connectivity index (χ1v) is 9.32. The number of hydrogen-bond donors (Lipinski definition) is 1. The Kier molecular flexibility index (Phi) is 6.48. The average Bonchev–Trinajstić information content (AvgIpc) is 3.25. The highest BCUT2D eigenvalue weighted by molar-refractivity contribution is 7.12. The number of hydrazone groups is 1. The van der Waals surface area contributed by atoms with Crippen LogP contribution in [0.25, 0.3) is 0 Å². The number of pyridine rings is 1. The van der Waals surface area contributed by atoms with Crippen molar-refractivity contribution in [3.63, 3.8) is 0 Å². The fraction of sp³-hybridized carbons (Fsp3) is 0.100. The Balaban J connectivity index is 1.69. The molecule has 0 unspecified atom stereocenters. The topological polar surface area (TPSA) is 89.9 Å². The van der Waals surface area contributed by atoms with Crippen LogP contribution in [0.2, 0.25) is 0 Å². The second-order valence-electron chi connectivity index (χ2n) is 5.42. The maximum absolute atomic E-state index is 12.2. The monoisotopic (exact) mass is 395 g/mol. The van der Waals surface area contributed by atoms with Crippen molar-refractivity contribution in [3.8, 4) is 11.5 Å². The SMILES string of the molecule is CCOc1cc(/C=N/NC(=O)c2ccccn2)ccc1OC(=O)c1cccs1. The summed E-state index contributed by atoms with van der Waals surface area (Å²) < 4.78 is 11.0. The lowest BCUT2D eigenvalue weighted by molar-refractivity contribution is 0.0733. The van der Waals surface area contributed by atoms with Gasteiger partial charge in [-0.15, -0.1) is 11.3 Å². The van der Waals surface area contributed by atoms with Crippen LogP contribution in [0, 0.1) is 0 Å². The van der Waals surface area contributed by atoms with E-state index in [9.17, 15) is 9.59 Å². The zero-order valence-corrected chi connectivity index (χ0v) is 15.8. The third-order valence-electron chi connectivity index (χ3n) is 3.47. The van der Waals surface area contributed by atoms with Crippen LogP contribution in [-0.4, -0.2) is 29.7 Å². The lowest BCUT2D eigenvalue weighted by atomic mass is 10.2. The number of carbonyl (C=O) groups excluding carboxylic acids is 2. The molecule has 0 fully saturated rings. The van der Waals surface area contributed by atoms with E-state index in [0.717, 1.165) is 0 Å². The number of rotatable bonds is 7. The Bertz CT molecular complexity index is 972. The van der Waals surface area contributed by atoms with Gasteiger partial charge in [0.25, 0.3) is 5.91 Å². The number of thiophene rings is 1. The van der Waals surface area contributed by atoms with Gasteiger partial charge >= 0.3 is 5.97 Å². The van der Waals surface area contributed by atoms with E-state index in [1.54, 1.807) is 53.9 Å². The molecule has 1 N–H and O–H groups in total. The lowest BCUT2D eigenvalue weighted by Crippen LogP contribution is -2.18. The maximum atomic E-state index is 12.2. The van der Waals surface area contributed by atoms with Gasteiger partial charge in [0.1, 0.15) is 10.6 Å². The second-order valence-corrected chi connectivity index (χ2v) is 6.37. The van der Waals surface area contributed by atoms with Crippen LogP contribution in [0.3, 0.4) is 0 Å². The first kappa shape index (κ1) is 19.2. The molecule has 7 nitrogen and oxygen atoms in total. The molecular formula is C20H17N3O4S. The molecule has 1 amide bonds. The van der Waals surface area contributed by atoms with Crippen LogP contribution in [0.15, 0.2) is 65.2 Å². The molecule has 3 rings (SSSR count). The number of aromatic nitrogens is 1. The molecule has 0 saturated carbocycles. The Morgan fingerprint density at radius 1 is 1.18 bits per heavy atom. The minimum absolute atomic E-state index is 0.269. The fourth-order valence-corrected chi connectivity index (χ4v) is 2.82. The van der Waals surface area contributed by atoms with Crippen molar-refractivity contribution < 1.29 is 19.1 Å². The average molecular weight is 395 g/mol. The normalized spacial score (nSPS) is 10.6. The van der Waals surface area contributed by atoms with E-state index >= 15 is 0 Å². The highest BCUT2D eigenvalue weighted by atomic mass is 32.1. The summed E-state index contributed by atoms with van der Waals surface area (Å²) >= 11 is 1.30. The summed E-state index contributed by atoms with van der Waals surface area (Å²) in [5.41, 5.74) is 3.34. The standard InChI is InChI=1S/C20H17N3O4S/c1-2-26-17-12-14(13-22-23-19(24)15-6-3-4-10-21-15)8-9-16(17)27-20(25)18-7-5-11-28-18/h3-13H,2H2,1H3,(H,23,24)/b22-13+. The van der Waals surface area contributed by atoms with E-state index in [-0.39, 0.29) is 5.69 Å². The van der Waals surface area contributed by atoms with Gasteiger partial charge in [-0.1, -0.05) is 12.1 Å². The molecule has 2 heterocycles. The maximum Gasteiger partial charge on any atom is 0.353 e. The van der Waals surface area contributed by atoms with E-state index in [2.05, 4.69) is 15.5 Å². The van der Waals surface area contributed by atoms with Crippen LogP contribution >= 0.6 is 11.3 Å². The quantitative estimate of drug-likeness (QED) is 0.286. The number of ether oxygens (including phenoxy) is 2. The van der Waals surface area contributed by atoms with E-state index < -0.39 is 11.9 Å². The first-order chi connectivity index (χ1) is 13.7. The van der Waals surface area contributed by atoms with Gasteiger partial charge in [0.2, 0.25) is 0 Å². The Labute approximate surface area is 165 Å². The minimum Gasteiger partial charge on any atom is -0.490 e. The van der Waals surface area contributed by atoms with Gasteiger partial charge in [-0.25, -0.2) is 10.2 Å². The third kappa shape index (κ3) is 5.01. The number of nitrogens with zero attached hydrogens (tertiary/aromatic N) is 2. The Morgan fingerprint density at radius 3 is 2.79 bits per heavy atom. The molecule has 1 aromatic carbocycles. The summed E-state index contributed by atoms with van der Waals surface area (Å²) in [5.74, 6) is -0.134. The predicted molar refractivity (Wildman–Crippen MR) is 106 cm³/mol. The molecule has 0 aliphatic rings. The molecule has 0 saturated heterocycles. The first-order valence-electron chi connectivity index (χ1n) is 8.44. The molecule has 142 valence electrons. The molecule has 0 aliphatic heterocycles. The van der Waals surface area contributed by atoms with Crippen molar-refractivity contribution in [1.82, 2.24) is 10.4 Å². The number of nitrogens with one attached hydrogen (secondary N) is 1. The molecule has 8 heteroatoms. The molecular weight excluding hydrogens is 378 g/mol. The highest BCUT2D eigenvalue weighted by Crippen LogP contribution is 2.29. The van der Waals surface area contributed by atoms with E-state index in [4.69, 9.17) is 9.47 Å². The van der Waals surface area contributed by atoms with Crippen molar-refractivity contribution in [2.24, 2.45) is 5.10 Å². The zero-order chi connectivity index (χ0) is 19.8. The smallest absolute Gasteiger partial charge is 0.353 e. The van der Waals surface area contributed by atoms with E-state index in [1.807, 2.05) is 6.92 Å². The number of benzene rings is 1. The predicted octanol–water partition coefficient (Wildman–Crippen LogP) is 3.52. The molecule has 0 bridgehead atoms. The van der Waals surface area contributed by atoms with E-state index in [1.165, 1.54) is 23.7 Å². The molecule has 2 aromatic heterocycles. The van der Waals surface area contributed by atoms with Gasteiger partial charge in [-0.3, -0.25) is 9.78 Å². The molecule has 0 radical (unpaired) electrons. The second kappa shape index (κ2) is 9.43. The summed E-state index contributed by atoms with van der Waals surface area (Å²) in [6, 6.07) is 13.5. The molecule has 0 aliphatic carbocycles. The lowest BCUT2D eigenvalue weighted by Gasteiger charge is -2.10. The largest absolute Gasteiger partial charge is 0.490 e. The van der Waals surface area contributed by atoms with Crippen LogP contribution in [-0.2, 0) is 0 Å². The third-order valence-corrected chi connectivity index (χ3v) is 4.32. The van der Waals surface area contributed by atoms with Gasteiger partial charge in [-0.2, -0.15) is 5.10 Å². The van der Waals surface area contributed by atoms with Gasteiger partial charge < -0.3 is 9.47 Å². The number of hydrogen-bond acceptors (Lipinski definition) is 7. The summed E-state index contributed by atoms with van der Waals surface area (Å²) in [6.07, 6.45) is 3.00. The zero-order valence-electron chi connectivity index (χ0n) is 15.0. The van der Waals surface area contributed by atoms with Gasteiger partial charge in [-0.05, 0) is 54.3 Å². The number of amides is 1. The summed E-state index contributed by atoms with van der Waals surface area (Å²) in [5, 5.41) is 5.73. The van der Waals surface area contributed by atoms with E-state index in [0.29, 0.717) is 28.5 Å². The van der Waals surface area contributed by atoms with Gasteiger partial charge in [0.15, 0.2) is 11.5 Å². The number of esters is 1. The van der Waals surface area contributed by atoms with Crippen molar-refractivity contribution in [2.75, 3.05) is 6.61 Å². The van der Waals surface area contributed by atoms with Crippen LogP contribution in [0.5, 0.6) is 11.5 Å². The summed E-state index contributed by atoms with van der Waals surface area (Å²) in [4.78, 5) is 28.5. The van der Waals surface area contributed by atoms with Crippen molar-refractivity contribution in [1.29, 1.82) is 0 Å². The molecule has 3 aromatic rings. The highest BCUT2D eigenvalue weighted by Gasteiger charge is 2.14. The fourth-order valence-electron chi connectivity index (χ4n) is 2.22. The summed E-state index contributed by atoms with van der Waals surface area (Å²) in [7, 11) is 0. The van der Waals surface area contributed by atoms with Crippen LogP contribution < -0.4 is 14.9 Å². The molecule has 28 heavy (non-hydrogen) atoms. The Hall–Kier alpha value is -3.52. The Morgan fingerprint density at radius 2 is 2.07 bits per heavy atom.